The summed E-state index contributed by atoms with van der Waals surface area (Å²) in [6.07, 6.45) is -0.483. The van der Waals surface area contributed by atoms with Gasteiger partial charge >= 0.3 is 6.09 Å². The predicted molar refractivity (Wildman–Crippen MR) is 85.9 cm³/mol. The molecule has 2 rings (SSSR count). The zero-order valence-electron chi connectivity index (χ0n) is 13.4. The molecule has 0 aromatic heterocycles. The molecule has 0 saturated carbocycles. The Balaban J connectivity index is 1.87. The van der Waals surface area contributed by atoms with Crippen LogP contribution in [0.1, 0.15) is 24.8 Å². The van der Waals surface area contributed by atoms with Crippen LogP contribution < -0.4 is 11.1 Å². The van der Waals surface area contributed by atoms with Crippen LogP contribution in [0.15, 0.2) is 30.3 Å². The quantitative estimate of drug-likeness (QED) is 0.741. The summed E-state index contributed by atoms with van der Waals surface area (Å²) in [4.78, 5) is 35.1. The van der Waals surface area contributed by atoms with Crippen LogP contribution in [0.4, 0.5) is 4.79 Å². The van der Waals surface area contributed by atoms with Crippen molar-refractivity contribution < 1.29 is 23.9 Å². The first-order chi connectivity index (χ1) is 11.6. The molecule has 1 aromatic carbocycles. The Morgan fingerprint density at radius 2 is 2.04 bits per heavy atom. The number of carbonyl (C=O) groups excluding carboxylic acids is 3. The summed E-state index contributed by atoms with van der Waals surface area (Å²) in [6, 6.07) is 9.41. The second-order valence-corrected chi connectivity index (χ2v) is 5.74. The van der Waals surface area contributed by atoms with Gasteiger partial charge in [-0.25, -0.2) is 4.79 Å². The first-order valence-electron chi connectivity index (χ1n) is 7.94. The van der Waals surface area contributed by atoms with Gasteiger partial charge in [-0.1, -0.05) is 30.3 Å². The molecule has 0 bridgehead atoms. The number of nitrogens with two attached hydrogens (primary N) is 1. The van der Waals surface area contributed by atoms with Crippen LogP contribution in [0.2, 0.25) is 0 Å². The Morgan fingerprint density at radius 1 is 1.29 bits per heavy atom. The minimum atomic E-state index is -1.06. The van der Waals surface area contributed by atoms with E-state index in [1.54, 1.807) is 0 Å². The van der Waals surface area contributed by atoms with E-state index in [2.05, 4.69) is 5.32 Å². The van der Waals surface area contributed by atoms with Crippen LogP contribution in [0.5, 0.6) is 0 Å². The van der Waals surface area contributed by atoms with Crippen molar-refractivity contribution in [2.75, 3.05) is 13.2 Å². The van der Waals surface area contributed by atoms with Crippen molar-refractivity contribution in [3.63, 3.8) is 0 Å². The number of hydrogen-bond acceptors (Lipinski definition) is 5. The molecule has 2 atom stereocenters. The molecule has 7 nitrogen and oxygen atoms in total. The highest BCUT2D eigenvalue weighted by atomic mass is 16.6. The van der Waals surface area contributed by atoms with Gasteiger partial charge in [0.15, 0.2) is 11.9 Å². The third-order valence-electron chi connectivity index (χ3n) is 3.87. The number of hydrogen-bond donors (Lipinski definition) is 2. The molecule has 0 aliphatic carbocycles. The molecule has 1 heterocycles. The number of nitrogens with one attached hydrogen (secondary N) is 1. The smallest absolute Gasteiger partial charge is 0.405 e. The van der Waals surface area contributed by atoms with E-state index >= 15 is 0 Å². The monoisotopic (exact) mass is 334 g/mol. The average molecular weight is 334 g/mol. The lowest BCUT2D eigenvalue weighted by molar-refractivity contribution is -0.135. The molecule has 24 heavy (non-hydrogen) atoms. The molecular weight excluding hydrogens is 312 g/mol. The number of Topliss-reactive ketones (excluding diaryl/α,β-unsaturated/α-hetero) is 1. The first kappa shape index (κ1) is 17.9. The second-order valence-electron chi connectivity index (χ2n) is 5.74. The fraction of sp³-hybridized carbons (Fsp3) is 0.471. The number of benzene rings is 1. The molecule has 1 aliphatic rings. The van der Waals surface area contributed by atoms with E-state index in [1.165, 1.54) is 0 Å². The normalized spacial score (nSPS) is 18.5. The second kappa shape index (κ2) is 9.02. The molecule has 0 spiro atoms. The van der Waals surface area contributed by atoms with Crippen molar-refractivity contribution >= 4 is 17.8 Å². The van der Waals surface area contributed by atoms with Gasteiger partial charge in [0.2, 0.25) is 5.91 Å². The zero-order chi connectivity index (χ0) is 17.4. The van der Waals surface area contributed by atoms with Gasteiger partial charge in [0.25, 0.3) is 0 Å². The Bertz CT molecular complexity index is 576. The van der Waals surface area contributed by atoms with Gasteiger partial charge in [-0.2, -0.15) is 0 Å². The van der Waals surface area contributed by atoms with Gasteiger partial charge in [-0.05, 0) is 18.4 Å². The van der Waals surface area contributed by atoms with E-state index in [4.69, 9.17) is 15.2 Å². The minimum Gasteiger partial charge on any atom is -0.438 e. The average Bonchev–Trinajstić information content (AvgIpc) is 2.56. The van der Waals surface area contributed by atoms with Crippen molar-refractivity contribution in [3.05, 3.63) is 35.9 Å². The van der Waals surface area contributed by atoms with Crippen LogP contribution in [0.25, 0.3) is 0 Å². The van der Waals surface area contributed by atoms with E-state index in [0.29, 0.717) is 13.0 Å². The summed E-state index contributed by atoms with van der Waals surface area (Å²) in [6.45, 7) is 0.700. The first-order valence-corrected chi connectivity index (χ1v) is 7.94. The molecule has 1 fully saturated rings. The molecule has 1 aromatic rings. The Kier molecular flexibility index (Phi) is 6.74. The lowest BCUT2D eigenvalue weighted by Gasteiger charge is -2.25. The number of piperidine rings is 1. The molecule has 1 aliphatic heterocycles. The summed E-state index contributed by atoms with van der Waals surface area (Å²) in [5.41, 5.74) is 5.97. The molecule has 1 unspecified atom stereocenters. The van der Waals surface area contributed by atoms with Gasteiger partial charge in [-0.3, -0.25) is 9.59 Å². The molecule has 2 amide bonds. The van der Waals surface area contributed by atoms with Gasteiger partial charge in [0.1, 0.15) is 6.61 Å². The van der Waals surface area contributed by atoms with Crippen LogP contribution in [0, 0.1) is 5.92 Å². The van der Waals surface area contributed by atoms with Crippen LogP contribution >= 0.6 is 0 Å². The maximum absolute atomic E-state index is 12.3. The molecule has 1 saturated heterocycles. The van der Waals surface area contributed by atoms with Crippen molar-refractivity contribution in [2.45, 2.75) is 32.0 Å². The number of carbonyl (C=O) groups is 3. The number of primary amides is 1. The lowest BCUT2D eigenvalue weighted by atomic mass is 9.91. The summed E-state index contributed by atoms with van der Waals surface area (Å²) in [7, 11) is 0. The molecule has 0 radical (unpaired) electrons. The molecular formula is C17H22N2O5. The van der Waals surface area contributed by atoms with Crippen molar-refractivity contribution in [1.29, 1.82) is 0 Å². The Labute approximate surface area is 140 Å². The molecule has 3 N–H and O–H groups in total. The summed E-state index contributed by atoms with van der Waals surface area (Å²) >= 11 is 0. The Morgan fingerprint density at radius 3 is 2.71 bits per heavy atom. The largest absolute Gasteiger partial charge is 0.438 e. The zero-order valence-corrected chi connectivity index (χ0v) is 13.4. The van der Waals surface area contributed by atoms with E-state index in [0.717, 1.165) is 12.0 Å². The highest BCUT2D eigenvalue weighted by molar-refractivity contribution is 5.87. The minimum absolute atomic E-state index is 0.127. The fourth-order valence-corrected chi connectivity index (χ4v) is 2.64. The van der Waals surface area contributed by atoms with E-state index in [-0.39, 0.29) is 31.5 Å². The molecule has 130 valence electrons. The van der Waals surface area contributed by atoms with Crippen molar-refractivity contribution in [3.8, 4) is 0 Å². The number of ether oxygens (including phenoxy) is 2. The highest BCUT2D eigenvalue weighted by Gasteiger charge is 2.31. The highest BCUT2D eigenvalue weighted by Crippen LogP contribution is 2.19. The van der Waals surface area contributed by atoms with E-state index < -0.39 is 18.0 Å². The lowest BCUT2D eigenvalue weighted by Crippen LogP contribution is -2.41. The number of ketones is 1. The third kappa shape index (κ3) is 5.66. The number of amides is 2. The van der Waals surface area contributed by atoms with E-state index in [9.17, 15) is 14.4 Å². The maximum atomic E-state index is 12.3. The van der Waals surface area contributed by atoms with E-state index in [1.807, 2.05) is 30.3 Å². The van der Waals surface area contributed by atoms with Gasteiger partial charge in [0, 0.05) is 18.9 Å². The fourth-order valence-electron chi connectivity index (χ4n) is 2.64. The number of rotatable bonds is 8. The summed E-state index contributed by atoms with van der Waals surface area (Å²) < 4.78 is 10.3. The van der Waals surface area contributed by atoms with Crippen LogP contribution in [-0.2, 0) is 25.7 Å². The van der Waals surface area contributed by atoms with Crippen LogP contribution in [0.3, 0.4) is 0 Å². The van der Waals surface area contributed by atoms with Crippen molar-refractivity contribution in [1.82, 2.24) is 5.32 Å². The summed E-state index contributed by atoms with van der Waals surface area (Å²) in [5, 5.41) is 2.74. The van der Waals surface area contributed by atoms with Crippen LogP contribution in [-0.4, -0.2) is 37.0 Å². The standard InChI is InChI=1S/C17H22N2O5/c18-17(22)24-15(9-13-7-4-8-19-16(13)21)14(20)11-23-10-12-5-2-1-3-6-12/h1-3,5-6,13,15H,4,7-11H2,(H2,18,22)(H,19,21)/t13-,15?/m0/s1. The van der Waals surface area contributed by atoms with Crippen molar-refractivity contribution in [2.24, 2.45) is 11.7 Å². The molecule has 7 heteroatoms. The maximum Gasteiger partial charge on any atom is 0.405 e. The SMILES string of the molecule is NC(=O)OC(C[C@@H]1CCCNC1=O)C(=O)COCc1ccccc1. The Hall–Kier alpha value is -2.41. The predicted octanol–water partition coefficient (Wildman–Crippen LogP) is 1.15. The third-order valence-corrected chi connectivity index (χ3v) is 3.87. The van der Waals surface area contributed by atoms with Gasteiger partial charge in [0.05, 0.1) is 6.61 Å². The summed E-state index contributed by atoms with van der Waals surface area (Å²) in [5.74, 6) is -0.887. The van der Waals surface area contributed by atoms with Gasteiger partial charge in [-0.15, -0.1) is 0 Å². The van der Waals surface area contributed by atoms with Gasteiger partial charge < -0.3 is 20.5 Å². The topological polar surface area (TPSA) is 108 Å².